The van der Waals surface area contributed by atoms with Crippen molar-refractivity contribution in [3.8, 4) is 0 Å². The molecule has 0 radical (unpaired) electrons. The molecule has 3 fully saturated rings. The number of hydrogen-bond donors (Lipinski definition) is 0. The van der Waals surface area contributed by atoms with Gasteiger partial charge in [-0.2, -0.15) is 0 Å². The monoisotopic (exact) mass is 198 g/mol. The van der Waals surface area contributed by atoms with Crippen LogP contribution in [-0.2, 0) is 19.1 Å². The Morgan fingerprint density at radius 3 is 2.86 bits per heavy atom. The van der Waals surface area contributed by atoms with E-state index in [2.05, 4.69) is 0 Å². The van der Waals surface area contributed by atoms with Gasteiger partial charge in [0, 0.05) is 13.3 Å². The van der Waals surface area contributed by atoms with Crippen molar-refractivity contribution in [3.63, 3.8) is 0 Å². The Hall–Kier alpha value is -1.06. The molecule has 3 unspecified atom stereocenters. The summed E-state index contributed by atoms with van der Waals surface area (Å²) in [4.78, 5) is 22.2. The molecule has 4 nitrogen and oxygen atoms in total. The van der Waals surface area contributed by atoms with Gasteiger partial charge in [0.1, 0.15) is 11.7 Å². The van der Waals surface area contributed by atoms with Crippen molar-refractivity contribution >= 4 is 11.9 Å². The van der Waals surface area contributed by atoms with E-state index < -0.39 is 5.60 Å². The topological polar surface area (TPSA) is 52.6 Å². The summed E-state index contributed by atoms with van der Waals surface area (Å²) >= 11 is 0. The molecule has 3 atom stereocenters. The third-order valence-corrected chi connectivity index (χ3v) is 3.14. The zero-order valence-corrected chi connectivity index (χ0v) is 8.41. The number of ether oxygens (including phenoxy) is 2. The van der Waals surface area contributed by atoms with E-state index in [1.807, 2.05) is 6.92 Å². The fourth-order valence-corrected chi connectivity index (χ4v) is 2.26. The van der Waals surface area contributed by atoms with Gasteiger partial charge in [-0.3, -0.25) is 9.59 Å². The number of carbonyl (C=O) groups is 2. The molecule has 0 aromatic rings. The quantitative estimate of drug-likeness (QED) is 0.590. The van der Waals surface area contributed by atoms with Gasteiger partial charge in [-0.05, 0) is 19.8 Å². The summed E-state index contributed by atoms with van der Waals surface area (Å²) in [6.45, 7) is 3.22. The standard InChI is InChI=1S/C10H14O4/c1-6(11)13-8-5-7-3-4-10(8,2)14-9(7)12/h7-8H,3-5H2,1-2H3. The van der Waals surface area contributed by atoms with E-state index in [4.69, 9.17) is 9.47 Å². The van der Waals surface area contributed by atoms with Crippen LogP contribution in [0, 0.1) is 5.92 Å². The lowest BCUT2D eigenvalue weighted by Crippen LogP contribution is -2.56. The van der Waals surface area contributed by atoms with E-state index in [9.17, 15) is 9.59 Å². The molecule has 0 N–H and O–H groups in total. The van der Waals surface area contributed by atoms with E-state index in [0.717, 1.165) is 12.8 Å². The summed E-state index contributed by atoms with van der Waals surface area (Å²) in [5, 5.41) is 0. The fraction of sp³-hybridized carbons (Fsp3) is 0.800. The summed E-state index contributed by atoms with van der Waals surface area (Å²) in [7, 11) is 0. The number of hydrogen-bond acceptors (Lipinski definition) is 4. The van der Waals surface area contributed by atoms with Crippen LogP contribution in [0.15, 0.2) is 0 Å². The molecule has 0 spiro atoms. The molecular formula is C10H14O4. The number of esters is 2. The summed E-state index contributed by atoms with van der Waals surface area (Å²) in [6.07, 6.45) is 2.01. The second-order valence-electron chi connectivity index (χ2n) is 4.30. The smallest absolute Gasteiger partial charge is 0.309 e. The van der Waals surface area contributed by atoms with Gasteiger partial charge in [0.2, 0.25) is 0 Å². The molecule has 0 aromatic heterocycles. The maximum Gasteiger partial charge on any atom is 0.309 e. The van der Waals surface area contributed by atoms with Crippen molar-refractivity contribution < 1.29 is 19.1 Å². The van der Waals surface area contributed by atoms with Crippen molar-refractivity contribution in [2.24, 2.45) is 5.92 Å². The minimum absolute atomic E-state index is 0.0684. The number of carbonyl (C=O) groups excluding carboxylic acids is 2. The third-order valence-electron chi connectivity index (χ3n) is 3.14. The van der Waals surface area contributed by atoms with Crippen molar-refractivity contribution in [1.82, 2.24) is 0 Å². The molecule has 3 aliphatic rings. The minimum Gasteiger partial charge on any atom is -0.458 e. The second kappa shape index (κ2) is 2.97. The van der Waals surface area contributed by atoms with Gasteiger partial charge in [-0.1, -0.05) is 0 Å². The first kappa shape index (κ1) is 9.49. The van der Waals surface area contributed by atoms with Crippen LogP contribution in [0.5, 0.6) is 0 Å². The van der Waals surface area contributed by atoms with Crippen LogP contribution in [0.4, 0.5) is 0 Å². The molecule has 4 heteroatoms. The zero-order valence-electron chi connectivity index (χ0n) is 8.41. The SMILES string of the molecule is CC(=O)OC1CC2CCC1(C)OC2=O. The lowest BCUT2D eigenvalue weighted by Gasteiger charge is -2.47. The maximum absolute atomic E-state index is 11.3. The van der Waals surface area contributed by atoms with Crippen LogP contribution in [0.3, 0.4) is 0 Å². The molecule has 14 heavy (non-hydrogen) atoms. The Balaban J connectivity index is 2.14. The summed E-state index contributed by atoms with van der Waals surface area (Å²) in [6, 6.07) is 0. The lowest BCUT2D eigenvalue weighted by atomic mass is 9.74. The number of fused-ring (bicyclic) bond motifs is 3. The molecule has 0 amide bonds. The Morgan fingerprint density at radius 1 is 1.64 bits per heavy atom. The fourth-order valence-electron chi connectivity index (χ4n) is 2.26. The second-order valence-corrected chi connectivity index (χ2v) is 4.30. The highest BCUT2D eigenvalue weighted by Gasteiger charge is 2.52. The molecule has 1 aliphatic carbocycles. The highest BCUT2D eigenvalue weighted by atomic mass is 16.6. The first-order valence-electron chi connectivity index (χ1n) is 4.91. The highest BCUT2D eigenvalue weighted by molar-refractivity contribution is 5.75. The molecule has 2 aliphatic heterocycles. The Labute approximate surface area is 82.6 Å². The van der Waals surface area contributed by atoms with Gasteiger partial charge in [0.05, 0.1) is 5.92 Å². The third kappa shape index (κ3) is 1.38. The van der Waals surface area contributed by atoms with Crippen molar-refractivity contribution in [1.29, 1.82) is 0 Å². The summed E-state index contributed by atoms with van der Waals surface area (Å²) in [5.74, 6) is -0.511. The average Bonchev–Trinajstić information content (AvgIpc) is 2.06. The van der Waals surface area contributed by atoms with Crippen LogP contribution >= 0.6 is 0 Å². The van der Waals surface area contributed by atoms with Crippen LogP contribution < -0.4 is 0 Å². The van der Waals surface area contributed by atoms with Gasteiger partial charge in [0.15, 0.2) is 0 Å². The van der Waals surface area contributed by atoms with Crippen LogP contribution in [0.2, 0.25) is 0 Å². The van der Waals surface area contributed by atoms with E-state index in [0.29, 0.717) is 6.42 Å². The first-order chi connectivity index (χ1) is 6.51. The van der Waals surface area contributed by atoms with Crippen molar-refractivity contribution in [3.05, 3.63) is 0 Å². The molecule has 2 saturated heterocycles. The predicted molar refractivity (Wildman–Crippen MR) is 47.4 cm³/mol. The number of rotatable bonds is 1. The minimum atomic E-state index is -0.586. The van der Waals surface area contributed by atoms with Crippen molar-refractivity contribution in [2.45, 2.75) is 44.8 Å². The molecule has 3 rings (SSSR count). The van der Waals surface area contributed by atoms with E-state index in [-0.39, 0.29) is 24.0 Å². The summed E-state index contributed by atoms with van der Waals surface area (Å²) < 4.78 is 10.4. The van der Waals surface area contributed by atoms with E-state index in [1.165, 1.54) is 6.92 Å². The van der Waals surface area contributed by atoms with Gasteiger partial charge < -0.3 is 9.47 Å². The van der Waals surface area contributed by atoms with Crippen LogP contribution in [0.1, 0.15) is 33.1 Å². The van der Waals surface area contributed by atoms with E-state index in [1.54, 1.807) is 0 Å². The molecule has 2 heterocycles. The molecule has 2 bridgehead atoms. The first-order valence-corrected chi connectivity index (χ1v) is 4.91. The molecule has 0 aromatic carbocycles. The molecule has 78 valence electrons. The maximum atomic E-state index is 11.3. The van der Waals surface area contributed by atoms with Gasteiger partial charge in [-0.15, -0.1) is 0 Å². The van der Waals surface area contributed by atoms with Gasteiger partial charge in [-0.25, -0.2) is 0 Å². The normalized spacial score (nSPS) is 40.6. The summed E-state index contributed by atoms with van der Waals surface area (Å²) in [5.41, 5.74) is -0.586. The Kier molecular flexibility index (Phi) is 2.01. The van der Waals surface area contributed by atoms with Crippen molar-refractivity contribution in [2.75, 3.05) is 0 Å². The predicted octanol–water partition coefficient (Wildman–Crippen LogP) is 1.03. The molecular weight excluding hydrogens is 184 g/mol. The largest absolute Gasteiger partial charge is 0.458 e. The van der Waals surface area contributed by atoms with Crippen LogP contribution in [0.25, 0.3) is 0 Å². The Bertz CT molecular complexity index is 286. The average molecular weight is 198 g/mol. The zero-order chi connectivity index (χ0) is 10.3. The highest BCUT2D eigenvalue weighted by Crippen LogP contribution is 2.43. The van der Waals surface area contributed by atoms with Crippen LogP contribution in [-0.4, -0.2) is 23.6 Å². The lowest BCUT2D eigenvalue weighted by molar-refractivity contribution is -0.217. The molecule has 1 saturated carbocycles. The van der Waals surface area contributed by atoms with Gasteiger partial charge in [0.25, 0.3) is 0 Å². The Morgan fingerprint density at radius 2 is 2.36 bits per heavy atom. The van der Waals surface area contributed by atoms with Gasteiger partial charge >= 0.3 is 11.9 Å². The van der Waals surface area contributed by atoms with E-state index >= 15 is 0 Å².